The summed E-state index contributed by atoms with van der Waals surface area (Å²) in [6, 6.07) is 8.50. The molecule has 2 fully saturated rings. The average molecular weight is 316 g/mol. The van der Waals surface area contributed by atoms with Gasteiger partial charge in [0, 0.05) is 58.0 Å². The fourth-order valence-electron chi connectivity index (χ4n) is 3.41. The van der Waals surface area contributed by atoms with Crippen LogP contribution >= 0.6 is 0 Å². The van der Waals surface area contributed by atoms with E-state index < -0.39 is 0 Å². The highest BCUT2D eigenvalue weighted by atomic mass is 16.2. The third-order valence-corrected chi connectivity index (χ3v) is 5.04. The van der Waals surface area contributed by atoms with Gasteiger partial charge in [-0.15, -0.1) is 0 Å². The van der Waals surface area contributed by atoms with Gasteiger partial charge in [0.1, 0.15) is 0 Å². The van der Waals surface area contributed by atoms with Crippen molar-refractivity contribution in [1.29, 1.82) is 0 Å². The highest BCUT2D eigenvalue weighted by Gasteiger charge is 2.24. The largest absolute Gasteiger partial charge is 0.368 e. The molecular formula is C18H28N4O. The van der Waals surface area contributed by atoms with Crippen molar-refractivity contribution in [3.63, 3.8) is 0 Å². The number of benzene rings is 1. The van der Waals surface area contributed by atoms with Gasteiger partial charge in [0.2, 0.25) is 5.91 Å². The Morgan fingerprint density at radius 1 is 0.957 bits per heavy atom. The van der Waals surface area contributed by atoms with Crippen molar-refractivity contribution < 1.29 is 4.79 Å². The summed E-state index contributed by atoms with van der Waals surface area (Å²) in [7, 11) is 2.14. The van der Waals surface area contributed by atoms with Gasteiger partial charge in [0.05, 0.1) is 6.54 Å². The molecule has 2 heterocycles. The van der Waals surface area contributed by atoms with E-state index >= 15 is 0 Å². The zero-order valence-electron chi connectivity index (χ0n) is 14.4. The van der Waals surface area contributed by atoms with Crippen molar-refractivity contribution in [2.75, 3.05) is 70.9 Å². The van der Waals surface area contributed by atoms with Crippen molar-refractivity contribution >= 4 is 11.6 Å². The minimum Gasteiger partial charge on any atom is -0.368 e. The van der Waals surface area contributed by atoms with Crippen LogP contribution in [0.1, 0.15) is 5.56 Å². The molecule has 2 aliphatic heterocycles. The Morgan fingerprint density at radius 3 is 2.26 bits per heavy atom. The molecule has 2 saturated heterocycles. The molecule has 0 N–H and O–H groups in total. The van der Waals surface area contributed by atoms with Gasteiger partial charge in [-0.3, -0.25) is 9.69 Å². The van der Waals surface area contributed by atoms with E-state index in [1.165, 1.54) is 11.3 Å². The van der Waals surface area contributed by atoms with Gasteiger partial charge in [-0.05, 0) is 25.6 Å². The van der Waals surface area contributed by atoms with Crippen LogP contribution < -0.4 is 4.90 Å². The lowest BCUT2D eigenvalue weighted by molar-refractivity contribution is -0.133. The molecule has 0 aliphatic carbocycles. The average Bonchev–Trinajstić information content (AvgIpc) is 2.57. The Labute approximate surface area is 139 Å². The lowest BCUT2D eigenvalue weighted by atomic mass is 10.1. The number of likely N-dealkylation sites (N-methyl/N-ethyl adjacent to an activating group) is 1. The van der Waals surface area contributed by atoms with Crippen LogP contribution in [0.2, 0.25) is 0 Å². The minimum atomic E-state index is 0.291. The number of hydrogen-bond acceptors (Lipinski definition) is 4. The Bertz CT molecular complexity index is 532. The van der Waals surface area contributed by atoms with E-state index in [4.69, 9.17) is 0 Å². The van der Waals surface area contributed by atoms with Gasteiger partial charge in [-0.2, -0.15) is 0 Å². The number of para-hydroxylation sites is 1. The summed E-state index contributed by atoms with van der Waals surface area (Å²) in [6.45, 7) is 10.4. The van der Waals surface area contributed by atoms with Gasteiger partial charge in [0.15, 0.2) is 0 Å². The van der Waals surface area contributed by atoms with Gasteiger partial charge in [0.25, 0.3) is 0 Å². The van der Waals surface area contributed by atoms with Crippen molar-refractivity contribution in [2.24, 2.45) is 0 Å². The van der Waals surface area contributed by atoms with Crippen LogP contribution in [0.25, 0.3) is 0 Å². The van der Waals surface area contributed by atoms with Crippen molar-refractivity contribution in [2.45, 2.75) is 6.92 Å². The molecule has 5 nitrogen and oxygen atoms in total. The third-order valence-electron chi connectivity index (χ3n) is 5.04. The van der Waals surface area contributed by atoms with Crippen LogP contribution in [-0.2, 0) is 4.79 Å². The minimum absolute atomic E-state index is 0.291. The summed E-state index contributed by atoms with van der Waals surface area (Å²) in [5.74, 6) is 0.291. The molecule has 0 spiro atoms. The zero-order chi connectivity index (χ0) is 16.2. The molecule has 5 heteroatoms. The van der Waals surface area contributed by atoms with E-state index in [-0.39, 0.29) is 0 Å². The Morgan fingerprint density at radius 2 is 1.61 bits per heavy atom. The maximum Gasteiger partial charge on any atom is 0.236 e. The highest BCUT2D eigenvalue weighted by Crippen LogP contribution is 2.20. The second-order valence-corrected chi connectivity index (χ2v) is 6.73. The summed E-state index contributed by atoms with van der Waals surface area (Å²) in [5, 5.41) is 0. The van der Waals surface area contributed by atoms with E-state index in [1.807, 2.05) is 4.90 Å². The molecule has 1 aromatic rings. The smallest absolute Gasteiger partial charge is 0.236 e. The summed E-state index contributed by atoms with van der Waals surface area (Å²) in [4.78, 5) is 21.6. The van der Waals surface area contributed by atoms with Crippen LogP contribution in [0.15, 0.2) is 24.3 Å². The van der Waals surface area contributed by atoms with Crippen molar-refractivity contribution in [3.05, 3.63) is 29.8 Å². The first-order valence-electron chi connectivity index (χ1n) is 8.63. The van der Waals surface area contributed by atoms with E-state index in [9.17, 15) is 4.79 Å². The molecule has 3 rings (SSSR count). The number of nitrogens with zero attached hydrogens (tertiary/aromatic N) is 4. The predicted molar refractivity (Wildman–Crippen MR) is 93.9 cm³/mol. The Kier molecular flexibility index (Phi) is 5.18. The number of anilines is 1. The Hall–Kier alpha value is -1.59. The van der Waals surface area contributed by atoms with Gasteiger partial charge >= 0.3 is 0 Å². The predicted octanol–water partition coefficient (Wildman–Crippen LogP) is 0.891. The van der Waals surface area contributed by atoms with E-state index in [1.54, 1.807) is 0 Å². The zero-order valence-corrected chi connectivity index (χ0v) is 14.4. The molecule has 0 saturated carbocycles. The first-order chi connectivity index (χ1) is 11.1. The fraction of sp³-hybridized carbons (Fsp3) is 0.611. The molecule has 0 aromatic heterocycles. The molecule has 23 heavy (non-hydrogen) atoms. The quantitative estimate of drug-likeness (QED) is 0.828. The topological polar surface area (TPSA) is 30.0 Å². The number of carbonyl (C=O) groups excluding carboxylic acids is 1. The standard InChI is InChI=1S/C18H28N4O/c1-16-5-3-4-6-17(16)21-11-13-22(14-12-21)18(23)15-20-9-7-19(2)8-10-20/h3-6H,7-15H2,1-2H3. The van der Waals surface area contributed by atoms with Crippen LogP contribution in [0.3, 0.4) is 0 Å². The fourth-order valence-corrected chi connectivity index (χ4v) is 3.41. The SMILES string of the molecule is Cc1ccccc1N1CCN(C(=O)CN2CCN(C)CC2)CC1. The maximum absolute atomic E-state index is 12.5. The summed E-state index contributed by atoms with van der Waals surface area (Å²) < 4.78 is 0. The molecule has 1 amide bonds. The first-order valence-corrected chi connectivity index (χ1v) is 8.63. The monoisotopic (exact) mass is 316 g/mol. The summed E-state index contributed by atoms with van der Waals surface area (Å²) >= 11 is 0. The molecule has 0 atom stereocenters. The molecule has 1 aromatic carbocycles. The maximum atomic E-state index is 12.5. The number of aryl methyl sites for hydroxylation is 1. The number of amides is 1. The van der Waals surface area contributed by atoms with Crippen LogP contribution in [-0.4, -0.2) is 86.6 Å². The number of hydrogen-bond donors (Lipinski definition) is 0. The molecule has 126 valence electrons. The number of carbonyl (C=O) groups is 1. The van der Waals surface area contributed by atoms with Crippen molar-refractivity contribution in [3.8, 4) is 0 Å². The first kappa shape index (κ1) is 16.3. The van der Waals surface area contributed by atoms with Crippen LogP contribution in [0, 0.1) is 6.92 Å². The summed E-state index contributed by atoms with van der Waals surface area (Å²) in [6.07, 6.45) is 0. The number of rotatable bonds is 3. The summed E-state index contributed by atoms with van der Waals surface area (Å²) in [5.41, 5.74) is 2.61. The lowest BCUT2D eigenvalue weighted by Gasteiger charge is -2.38. The molecule has 0 bridgehead atoms. The van der Waals surface area contributed by atoms with Crippen molar-refractivity contribution in [1.82, 2.24) is 14.7 Å². The molecule has 2 aliphatic rings. The van der Waals surface area contributed by atoms with E-state index in [2.05, 4.69) is 52.9 Å². The molecule has 0 unspecified atom stereocenters. The highest BCUT2D eigenvalue weighted by molar-refractivity contribution is 5.78. The van der Waals surface area contributed by atoms with Gasteiger partial charge in [-0.1, -0.05) is 18.2 Å². The molecular weight excluding hydrogens is 288 g/mol. The van der Waals surface area contributed by atoms with Gasteiger partial charge < -0.3 is 14.7 Å². The third kappa shape index (κ3) is 4.03. The Balaban J connectivity index is 1.49. The second-order valence-electron chi connectivity index (χ2n) is 6.73. The van der Waals surface area contributed by atoms with Crippen LogP contribution in [0.5, 0.6) is 0 Å². The van der Waals surface area contributed by atoms with Crippen LogP contribution in [0.4, 0.5) is 5.69 Å². The van der Waals surface area contributed by atoms with Gasteiger partial charge in [-0.25, -0.2) is 0 Å². The lowest BCUT2D eigenvalue weighted by Crippen LogP contribution is -2.53. The molecule has 0 radical (unpaired) electrons. The van der Waals surface area contributed by atoms with E-state index in [0.717, 1.165) is 52.4 Å². The van der Waals surface area contributed by atoms with E-state index in [0.29, 0.717) is 12.5 Å². The normalized spacial score (nSPS) is 20.8. The second kappa shape index (κ2) is 7.32. The number of piperazine rings is 2.